The number of rotatable bonds is 11. The quantitative estimate of drug-likeness (QED) is 0.297. The molecule has 0 radical (unpaired) electrons. The summed E-state index contributed by atoms with van der Waals surface area (Å²) in [5, 5.41) is 19.4. The number of hydrogen-bond donors (Lipinski definition) is 4. The summed E-state index contributed by atoms with van der Waals surface area (Å²) in [4.78, 5) is 25.0. The highest BCUT2D eigenvalue weighted by Crippen LogP contribution is 2.40. The van der Waals surface area contributed by atoms with E-state index in [4.69, 9.17) is 27.9 Å². The second kappa shape index (κ2) is 12.4. The van der Waals surface area contributed by atoms with E-state index in [1.165, 1.54) is 13.2 Å². The predicted octanol–water partition coefficient (Wildman–Crippen LogP) is 3.62. The lowest BCUT2D eigenvalue weighted by Crippen LogP contribution is -2.43. The average Bonchev–Trinajstić information content (AvgIpc) is 2.77. The van der Waals surface area contributed by atoms with E-state index in [0.29, 0.717) is 12.2 Å². The highest BCUT2D eigenvalue weighted by atomic mass is 35.5. The van der Waals surface area contributed by atoms with E-state index in [0.717, 1.165) is 24.9 Å². The fraction of sp³-hybridized carbons (Fsp3) is 0.364. The number of anilines is 1. The SMILES string of the molecule is CNCCCCNc1c(Cl)cc(C(=O)NC(Cc2ccccc2)C(=O)OC)c(O)c1Cl. The minimum atomic E-state index is -0.943. The Labute approximate surface area is 192 Å². The van der Waals surface area contributed by atoms with Crippen LogP contribution in [0.15, 0.2) is 36.4 Å². The van der Waals surface area contributed by atoms with Crippen LogP contribution in [-0.4, -0.2) is 50.3 Å². The lowest BCUT2D eigenvalue weighted by molar-refractivity contribution is -0.142. The third kappa shape index (κ3) is 7.02. The highest BCUT2D eigenvalue weighted by molar-refractivity contribution is 6.40. The first kappa shape index (κ1) is 24.8. The number of phenolic OH excluding ortho intramolecular Hbond substituents is 1. The maximum absolute atomic E-state index is 12.8. The first-order valence-electron chi connectivity index (χ1n) is 9.91. The van der Waals surface area contributed by atoms with Gasteiger partial charge in [0, 0.05) is 13.0 Å². The molecule has 0 aliphatic rings. The highest BCUT2D eigenvalue weighted by Gasteiger charge is 2.26. The second-order valence-corrected chi connectivity index (χ2v) is 7.71. The molecule has 2 aromatic rings. The van der Waals surface area contributed by atoms with Gasteiger partial charge in [0.25, 0.3) is 5.91 Å². The average molecular weight is 468 g/mol. The van der Waals surface area contributed by atoms with Gasteiger partial charge in [0.05, 0.1) is 23.4 Å². The van der Waals surface area contributed by atoms with E-state index in [2.05, 4.69) is 16.0 Å². The molecule has 0 heterocycles. The van der Waals surface area contributed by atoms with Gasteiger partial charge in [0.2, 0.25) is 0 Å². The smallest absolute Gasteiger partial charge is 0.328 e. The van der Waals surface area contributed by atoms with Gasteiger partial charge in [0.1, 0.15) is 16.8 Å². The maximum atomic E-state index is 12.8. The van der Waals surface area contributed by atoms with E-state index in [1.54, 1.807) is 0 Å². The van der Waals surface area contributed by atoms with Crippen LogP contribution >= 0.6 is 23.2 Å². The molecule has 9 heteroatoms. The molecule has 31 heavy (non-hydrogen) atoms. The number of nitrogens with one attached hydrogen (secondary N) is 3. The van der Waals surface area contributed by atoms with Gasteiger partial charge >= 0.3 is 5.97 Å². The van der Waals surface area contributed by atoms with Crippen LogP contribution in [0.2, 0.25) is 10.0 Å². The van der Waals surface area contributed by atoms with Crippen molar-refractivity contribution in [3.8, 4) is 5.75 Å². The predicted molar refractivity (Wildman–Crippen MR) is 123 cm³/mol. The molecule has 4 N–H and O–H groups in total. The van der Waals surface area contributed by atoms with Crippen LogP contribution in [0.1, 0.15) is 28.8 Å². The molecule has 168 valence electrons. The van der Waals surface area contributed by atoms with Gasteiger partial charge in [-0.25, -0.2) is 4.79 Å². The Balaban J connectivity index is 2.16. The van der Waals surface area contributed by atoms with Crippen molar-refractivity contribution in [2.75, 3.05) is 32.6 Å². The molecule has 0 saturated carbocycles. The summed E-state index contributed by atoms with van der Waals surface area (Å²) in [6.45, 7) is 1.49. The standard InChI is InChI=1S/C22H27Cl2N3O4/c1-25-10-6-7-11-26-19-16(23)13-15(20(28)18(19)24)21(29)27-17(22(30)31-2)12-14-8-4-3-5-9-14/h3-5,8-9,13,17,25-26,28H,6-7,10-12H2,1-2H3,(H,27,29). The van der Waals surface area contributed by atoms with E-state index >= 15 is 0 Å². The minimum Gasteiger partial charge on any atom is -0.505 e. The normalized spacial score (nSPS) is 11.6. The molecular formula is C22H27Cl2N3O4. The van der Waals surface area contributed by atoms with E-state index < -0.39 is 23.7 Å². The summed E-state index contributed by atoms with van der Waals surface area (Å²) in [6.07, 6.45) is 2.06. The van der Waals surface area contributed by atoms with Crippen molar-refractivity contribution >= 4 is 40.8 Å². The topological polar surface area (TPSA) is 99.7 Å². The molecular weight excluding hydrogens is 441 g/mol. The Morgan fingerprint density at radius 1 is 1.13 bits per heavy atom. The number of unbranched alkanes of at least 4 members (excludes halogenated alkanes) is 1. The first-order valence-corrected chi connectivity index (χ1v) is 10.7. The number of carbonyl (C=O) groups is 2. The van der Waals surface area contributed by atoms with Crippen molar-refractivity contribution in [3.63, 3.8) is 0 Å². The number of halogens is 2. The Kier molecular flexibility index (Phi) is 9.91. The monoisotopic (exact) mass is 467 g/mol. The van der Waals surface area contributed by atoms with Crippen molar-refractivity contribution < 1.29 is 19.4 Å². The zero-order chi connectivity index (χ0) is 22.8. The van der Waals surface area contributed by atoms with Gasteiger partial charge < -0.3 is 25.8 Å². The summed E-state index contributed by atoms with van der Waals surface area (Å²) in [7, 11) is 3.13. The molecule has 7 nitrogen and oxygen atoms in total. The van der Waals surface area contributed by atoms with Gasteiger partial charge in [-0.05, 0) is 38.1 Å². The minimum absolute atomic E-state index is 0.0519. The fourth-order valence-corrected chi connectivity index (χ4v) is 3.59. The molecule has 0 aliphatic carbocycles. The van der Waals surface area contributed by atoms with Gasteiger partial charge in [0.15, 0.2) is 0 Å². The number of phenols is 1. The Bertz CT molecular complexity index is 894. The van der Waals surface area contributed by atoms with Crippen LogP contribution < -0.4 is 16.0 Å². The third-order valence-corrected chi connectivity index (χ3v) is 5.33. The molecule has 2 aromatic carbocycles. The number of aromatic hydroxyl groups is 1. The number of ether oxygens (including phenoxy) is 1. The van der Waals surface area contributed by atoms with Crippen LogP contribution in [0, 0.1) is 0 Å². The van der Waals surface area contributed by atoms with Crippen LogP contribution in [-0.2, 0) is 16.0 Å². The van der Waals surface area contributed by atoms with Crippen LogP contribution in [0.4, 0.5) is 5.69 Å². The largest absolute Gasteiger partial charge is 0.505 e. The van der Waals surface area contributed by atoms with Crippen LogP contribution in [0.5, 0.6) is 5.75 Å². The molecule has 1 unspecified atom stereocenters. The van der Waals surface area contributed by atoms with Gasteiger partial charge in [-0.1, -0.05) is 53.5 Å². The Hall–Kier alpha value is -2.48. The molecule has 0 bridgehead atoms. The van der Waals surface area contributed by atoms with Gasteiger partial charge in [-0.15, -0.1) is 0 Å². The third-order valence-electron chi connectivity index (χ3n) is 4.67. The van der Waals surface area contributed by atoms with Crippen molar-refractivity contribution in [2.24, 2.45) is 0 Å². The zero-order valence-corrected chi connectivity index (χ0v) is 19.0. The summed E-state index contributed by atoms with van der Waals surface area (Å²) in [5.41, 5.74) is 1.07. The molecule has 2 rings (SSSR count). The summed E-state index contributed by atoms with van der Waals surface area (Å²) in [5.74, 6) is -1.70. The Morgan fingerprint density at radius 2 is 1.81 bits per heavy atom. The zero-order valence-electron chi connectivity index (χ0n) is 17.5. The van der Waals surface area contributed by atoms with Crippen molar-refractivity contribution in [1.29, 1.82) is 0 Å². The van der Waals surface area contributed by atoms with E-state index in [1.807, 2.05) is 37.4 Å². The summed E-state index contributed by atoms with van der Waals surface area (Å²) in [6, 6.07) is 9.58. The molecule has 0 fully saturated rings. The maximum Gasteiger partial charge on any atom is 0.328 e. The summed E-state index contributed by atoms with van der Waals surface area (Å²) >= 11 is 12.6. The van der Waals surface area contributed by atoms with Gasteiger partial charge in [-0.2, -0.15) is 0 Å². The molecule has 0 aliphatic heterocycles. The lowest BCUT2D eigenvalue weighted by atomic mass is 10.0. The molecule has 1 atom stereocenters. The first-order chi connectivity index (χ1) is 14.9. The molecule has 0 aromatic heterocycles. The number of hydrogen-bond acceptors (Lipinski definition) is 6. The molecule has 0 spiro atoms. The number of amides is 1. The fourth-order valence-electron chi connectivity index (χ4n) is 3.01. The second-order valence-electron chi connectivity index (χ2n) is 6.92. The lowest BCUT2D eigenvalue weighted by Gasteiger charge is -2.18. The van der Waals surface area contributed by atoms with Crippen LogP contribution in [0.3, 0.4) is 0 Å². The van der Waals surface area contributed by atoms with Crippen LogP contribution in [0.25, 0.3) is 0 Å². The van der Waals surface area contributed by atoms with Crippen molar-refractivity contribution in [1.82, 2.24) is 10.6 Å². The van der Waals surface area contributed by atoms with Crippen molar-refractivity contribution in [3.05, 3.63) is 57.6 Å². The summed E-state index contributed by atoms with van der Waals surface area (Å²) < 4.78 is 4.81. The number of benzene rings is 2. The Morgan fingerprint density at radius 3 is 2.45 bits per heavy atom. The van der Waals surface area contributed by atoms with Gasteiger partial charge in [-0.3, -0.25) is 4.79 Å². The van der Waals surface area contributed by atoms with E-state index in [9.17, 15) is 14.7 Å². The molecule has 0 saturated heterocycles. The number of carbonyl (C=O) groups excluding carboxylic acids is 2. The number of esters is 1. The van der Waals surface area contributed by atoms with Crippen molar-refractivity contribution in [2.45, 2.75) is 25.3 Å². The van der Waals surface area contributed by atoms with E-state index in [-0.39, 0.29) is 22.0 Å². The number of methoxy groups -OCH3 is 1. The molecule has 1 amide bonds.